The maximum atomic E-state index is 5.58. The molecule has 5 aliphatic rings. The summed E-state index contributed by atoms with van der Waals surface area (Å²) in [5.74, 6) is 0. The monoisotopic (exact) mass is 274 g/mol. The quantitative estimate of drug-likeness (QED) is 0.382. The summed E-state index contributed by atoms with van der Waals surface area (Å²) in [4.78, 5) is 22.0. The molecule has 4 nitrogen and oxygen atoms in total. The molecule has 5 rings (SSSR count). The van der Waals surface area contributed by atoms with Gasteiger partial charge in [0.25, 0.3) is 0 Å². The lowest BCUT2D eigenvalue weighted by atomic mass is 9.65. The van der Waals surface area contributed by atoms with E-state index < -0.39 is 5.60 Å². The molecule has 0 radical (unpaired) electrons. The first-order chi connectivity index (χ1) is 7.23. The number of hydrogen-bond donors (Lipinski definition) is 0. The third kappa shape index (κ3) is 0.964. The number of halogens is 1. The summed E-state index contributed by atoms with van der Waals surface area (Å²) in [6, 6.07) is 0. The van der Waals surface area contributed by atoms with Crippen molar-refractivity contribution in [2.75, 3.05) is 0 Å². The maximum Gasteiger partial charge on any atom is 0.155 e. The van der Waals surface area contributed by atoms with E-state index >= 15 is 0 Å². The van der Waals surface area contributed by atoms with Gasteiger partial charge >= 0.3 is 0 Å². The molecule has 0 amide bonds. The molecule has 0 unspecified atom stereocenters. The second-order valence-corrected chi connectivity index (χ2v) is 5.98. The topological polar surface area (TPSA) is 36.9 Å². The van der Waals surface area contributed by atoms with Crippen molar-refractivity contribution >= 4 is 15.9 Å². The summed E-state index contributed by atoms with van der Waals surface area (Å²) in [6.07, 6.45) is 6.86. The van der Waals surface area contributed by atoms with Crippen molar-refractivity contribution in [3.05, 3.63) is 12.2 Å². The Labute approximate surface area is 95.5 Å². The average molecular weight is 275 g/mol. The maximum absolute atomic E-state index is 5.58. The van der Waals surface area contributed by atoms with E-state index in [1.165, 1.54) is 0 Å². The van der Waals surface area contributed by atoms with Gasteiger partial charge in [0.05, 0.1) is 0 Å². The highest BCUT2D eigenvalue weighted by molar-refractivity contribution is 9.09. The first-order valence-electron chi connectivity index (χ1n) is 5.26. The zero-order valence-corrected chi connectivity index (χ0v) is 9.61. The van der Waals surface area contributed by atoms with Crippen LogP contribution in [0.3, 0.4) is 0 Å². The van der Waals surface area contributed by atoms with Gasteiger partial charge in [-0.1, -0.05) is 22.0 Å². The molecule has 0 aromatic heterocycles. The van der Waals surface area contributed by atoms with Crippen molar-refractivity contribution in [1.82, 2.24) is 0 Å². The Kier molecular flexibility index (Phi) is 1.61. The number of fused-ring (bicyclic) bond motifs is 2. The summed E-state index contributed by atoms with van der Waals surface area (Å²) in [5, 5.41) is 0. The Morgan fingerprint density at radius 2 is 2.07 bits per heavy atom. The molecule has 3 heterocycles. The van der Waals surface area contributed by atoms with Gasteiger partial charge in [0.1, 0.15) is 17.8 Å². The standard InChI is InChI=1S/C10H11BrO4/c11-7-4-9-2-1-6(12-14-9)3-10(9)5-8(7)13-15-10/h1-2,6-8H,3-5H2/t6-,7+,8+,9-,10-/m0/s1. The van der Waals surface area contributed by atoms with Crippen molar-refractivity contribution in [2.24, 2.45) is 0 Å². The largest absolute Gasteiger partial charge is 0.231 e. The summed E-state index contributed by atoms with van der Waals surface area (Å²) in [7, 11) is 0. The molecule has 1 saturated carbocycles. The van der Waals surface area contributed by atoms with Crippen LogP contribution in [0.5, 0.6) is 0 Å². The summed E-state index contributed by atoms with van der Waals surface area (Å²) in [6.45, 7) is 0. The Balaban J connectivity index is 1.85. The van der Waals surface area contributed by atoms with E-state index in [-0.39, 0.29) is 22.6 Å². The lowest BCUT2D eigenvalue weighted by molar-refractivity contribution is -0.463. The third-order valence-corrected chi connectivity index (χ3v) is 4.88. The normalized spacial score (nSPS) is 60.7. The minimum atomic E-state index is -0.455. The smallest absolute Gasteiger partial charge is 0.155 e. The molecule has 5 heteroatoms. The van der Waals surface area contributed by atoms with Gasteiger partial charge in [-0.25, -0.2) is 19.6 Å². The van der Waals surface area contributed by atoms with E-state index in [0.29, 0.717) is 0 Å². The molecule has 3 aliphatic heterocycles. The van der Waals surface area contributed by atoms with E-state index in [1.807, 2.05) is 0 Å². The second kappa shape index (κ2) is 2.65. The highest BCUT2D eigenvalue weighted by Gasteiger charge is 2.68. The summed E-state index contributed by atoms with van der Waals surface area (Å²) < 4.78 is 0. The van der Waals surface area contributed by atoms with E-state index in [1.54, 1.807) is 0 Å². The van der Waals surface area contributed by atoms with Crippen LogP contribution >= 0.6 is 15.9 Å². The molecule has 5 atom stereocenters. The molecule has 2 aliphatic carbocycles. The molecule has 82 valence electrons. The van der Waals surface area contributed by atoms with Gasteiger partial charge in [-0.15, -0.1) is 0 Å². The predicted octanol–water partition coefficient (Wildman–Crippen LogP) is 1.64. The van der Waals surface area contributed by atoms with Gasteiger partial charge in [-0.2, -0.15) is 0 Å². The average Bonchev–Trinajstić information content (AvgIpc) is 2.61. The Morgan fingerprint density at radius 1 is 1.13 bits per heavy atom. The van der Waals surface area contributed by atoms with Crippen LogP contribution in [0.4, 0.5) is 0 Å². The van der Waals surface area contributed by atoms with E-state index in [0.717, 1.165) is 19.3 Å². The van der Waals surface area contributed by atoms with Crippen LogP contribution in [0, 0.1) is 0 Å². The van der Waals surface area contributed by atoms with Crippen LogP contribution in [0.15, 0.2) is 12.2 Å². The molecule has 4 bridgehead atoms. The van der Waals surface area contributed by atoms with Gasteiger partial charge in [-0.05, 0) is 6.08 Å². The minimum absolute atomic E-state index is 0.0149. The zero-order chi connectivity index (χ0) is 10.1. The van der Waals surface area contributed by atoms with Gasteiger partial charge in [-0.3, -0.25) is 0 Å². The molecule has 0 N–H and O–H groups in total. The first kappa shape index (κ1) is 9.13. The van der Waals surface area contributed by atoms with E-state index in [2.05, 4.69) is 28.1 Å². The molecule has 3 fully saturated rings. The fourth-order valence-electron chi connectivity index (χ4n) is 3.10. The third-order valence-electron chi connectivity index (χ3n) is 3.97. The number of alkyl halides is 1. The fourth-order valence-corrected chi connectivity index (χ4v) is 3.86. The van der Waals surface area contributed by atoms with Gasteiger partial charge in [0, 0.05) is 24.1 Å². The van der Waals surface area contributed by atoms with Gasteiger partial charge < -0.3 is 0 Å². The van der Waals surface area contributed by atoms with Crippen molar-refractivity contribution in [3.63, 3.8) is 0 Å². The van der Waals surface area contributed by atoms with E-state index in [4.69, 9.17) is 19.6 Å². The van der Waals surface area contributed by atoms with Crippen LogP contribution in [0.25, 0.3) is 0 Å². The second-order valence-electron chi connectivity index (χ2n) is 4.81. The molecular formula is C10H11BrO4. The lowest BCUT2D eigenvalue weighted by Gasteiger charge is -2.53. The molecule has 2 spiro atoms. The predicted molar refractivity (Wildman–Crippen MR) is 53.1 cm³/mol. The molecule has 15 heavy (non-hydrogen) atoms. The van der Waals surface area contributed by atoms with E-state index in [9.17, 15) is 0 Å². The number of hydrogen-bond acceptors (Lipinski definition) is 4. The highest BCUT2D eigenvalue weighted by atomic mass is 79.9. The molecule has 2 saturated heterocycles. The van der Waals surface area contributed by atoms with Crippen LogP contribution < -0.4 is 0 Å². The van der Waals surface area contributed by atoms with Crippen LogP contribution in [0.1, 0.15) is 19.3 Å². The van der Waals surface area contributed by atoms with Crippen molar-refractivity contribution in [2.45, 2.75) is 47.5 Å². The van der Waals surface area contributed by atoms with Crippen LogP contribution in [0.2, 0.25) is 0 Å². The Hall–Kier alpha value is 0.0600. The SMILES string of the molecule is Br[C@@H]1C[C@@]23C=C[C@@H](C[C@]24C[C@H]1OO4)OO3. The number of rotatable bonds is 0. The van der Waals surface area contributed by atoms with Gasteiger partial charge in [0.2, 0.25) is 0 Å². The zero-order valence-electron chi connectivity index (χ0n) is 8.02. The Morgan fingerprint density at radius 3 is 2.87 bits per heavy atom. The van der Waals surface area contributed by atoms with Crippen molar-refractivity contribution in [1.29, 1.82) is 0 Å². The highest BCUT2D eigenvalue weighted by Crippen LogP contribution is 2.57. The molecule has 0 aromatic carbocycles. The van der Waals surface area contributed by atoms with Gasteiger partial charge in [0.15, 0.2) is 5.60 Å². The van der Waals surface area contributed by atoms with Crippen molar-refractivity contribution in [3.8, 4) is 0 Å². The molecule has 0 aromatic rings. The minimum Gasteiger partial charge on any atom is -0.231 e. The van der Waals surface area contributed by atoms with Crippen molar-refractivity contribution < 1.29 is 19.6 Å². The van der Waals surface area contributed by atoms with Crippen LogP contribution in [-0.2, 0) is 19.6 Å². The molecular weight excluding hydrogens is 264 g/mol. The first-order valence-corrected chi connectivity index (χ1v) is 6.17. The van der Waals surface area contributed by atoms with Crippen LogP contribution in [-0.4, -0.2) is 28.2 Å². The lowest BCUT2D eigenvalue weighted by Crippen LogP contribution is -2.65. The summed E-state index contributed by atoms with van der Waals surface area (Å²) >= 11 is 3.62. The fraction of sp³-hybridized carbons (Fsp3) is 0.800. The Bertz CT molecular complexity index is 346. The summed E-state index contributed by atoms with van der Waals surface area (Å²) in [5.41, 5.74) is -0.775.